The van der Waals surface area contributed by atoms with Gasteiger partial charge in [-0.25, -0.2) is 4.98 Å². The van der Waals surface area contributed by atoms with Crippen molar-refractivity contribution < 1.29 is 47.0 Å². The van der Waals surface area contributed by atoms with E-state index in [0.717, 1.165) is 4.90 Å². The summed E-state index contributed by atoms with van der Waals surface area (Å²) in [6.07, 6.45) is -2.52. The lowest BCUT2D eigenvalue weighted by molar-refractivity contribution is -0.139. The van der Waals surface area contributed by atoms with Crippen molar-refractivity contribution in [2.75, 3.05) is 17.4 Å². The number of hydrogen-bond acceptors (Lipinski definition) is 9. The van der Waals surface area contributed by atoms with Crippen LogP contribution in [0.1, 0.15) is 51.4 Å². The number of imide groups is 2. The lowest BCUT2D eigenvalue weighted by atomic mass is 9.49. The molecule has 4 aromatic carbocycles. The molecule has 2 saturated heterocycles. The number of alkyl halides is 3. The Morgan fingerprint density at radius 2 is 1.56 bits per heavy atom. The van der Waals surface area contributed by atoms with E-state index in [0.29, 0.717) is 44.6 Å². The van der Waals surface area contributed by atoms with Crippen molar-refractivity contribution in [2.24, 2.45) is 23.7 Å². The van der Waals surface area contributed by atoms with Crippen LogP contribution in [0, 0.1) is 23.7 Å². The molecule has 2 aliphatic carbocycles. The zero-order valence-corrected chi connectivity index (χ0v) is 33.9. The maximum Gasteiger partial charge on any atom is 0.417 e. The third-order valence-corrected chi connectivity index (χ3v) is 13.1. The summed E-state index contributed by atoms with van der Waals surface area (Å²) in [6.45, 7) is 0. The highest BCUT2D eigenvalue weighted by Gasteiger charge is 2.70. The number of allylic oxidation sites excluding steroid dienone is 2. The Morgan fingerprint density at radius 3 is 2.21 bits per heavy atom. The second-order valence-corrected chi connectivity index (χ2v) is 16.4. The van der Waals surface area contributed by atoms with E-state index in [1.165, 1.54) is 25.3 Å². The molecule has 5 aromatic rings. The molecule has 11 nitrogen and oxygen atoms in total. The number of ether oxygens (including phenoxy) is 1. The van der Waals surface area contributed by atoms with E-state index >= 15 is 4.79 Å². The molecule has 16 heteroatoms. The fraction of sp³-hybridized carbons (Fsp3) is 0.217. The molecule has 1 aromatic heterocycles. The molecular formula is C46H33Cl2F3N4O7. The number of hydrogen-bond donors (Lipinski definition) is 2. The molecule has 2 aliphatic heterocycles. The van der Waals surface area contributed by atoms with E-state index < -0.39 is 81.2 Å². The van der Waals surface area contributed by atoms with Crippen LogP contribution >= 0.6 is 23.2 Å². The van der Waals surface area contributed by atoms with E-state index in [4.69, 9.17) is 27.9 Å². The summed E-state index contributed by atoms with van der Waals surface area (Å²) in [5.74, 6) is -8.44. The summed E-state index contributed by atoms with van der Waals surface area (Å²) in [5.41, 5.74) is 1.71. The zero-order chi connectivity index (χ0) is 43.8. The van der Waals surface area contributed by atoms with Crippen LogP contribution in [0.15, 0.2) is 121 Å². The molecule has 0 bridgehead atoms. The number of nitrogens with zero attached hydrogens (tertiary/aromatic N) is 3. The monoisotopic (exact) mass is 880 g/mol. The molecule has 0 spiro atoms. The molecular weight excluding hydrogens is 848 g/mol. The lowest BCUT2D eigenvalue weighted by Crippen LogP contribution is -2.53. The van der Waals surface area contributed by atoms with E-state index in [-0.39, 0.29) is 41.4 Å². The van der Waals surface area contributed by atoms with Crippen LogP contribution in [-0.4, -0.2) is 51.6 Å². The molecule has 4 aliphatic rings. The number of carbonyl (C=O) groups excluding carboxylic acids is 5. The smallest absolute Gasteiger partial charge is 0.417 e. The molecule has 3 heterocycles. The standard InChI is InChI=1S/C46H33Cl2F3N4O7/c1-62-29-15-16-31(36(56)20-29)38-30-17-18-32-37(43(60)54(41(32)58)28-13-7-24(8-14-28)39(57)23-5-3-2-4-6-23)33(30)21-34-42(59)55(44(61)45(34,38)25-9-11-27(47)12-10-25)53-40-35(48)19-26(22-52-40)46(49,50)51/h2-17,19-20,22,32-34,37-38,56H,18,21H2,1H3,(H,52,53)/t32-,33+,34-,37-,38+,45+/m0/s1. The molecule has 314 valence electrons. The number of hydrazine groups is 1. The number of rotatable bonds is 8. The number of phenolic OH excluding ortho intramolecular Hbond substituents is 1. The summed E-state index contributed by atoms with van der Waals surface area (Å²) in [5, 5.41) is 12.2. The van der Waals surface area contributed by atoms with Crippen LogP contribution in [0.5, 0.6) is 11.5 Å². The van der Waals surface area contributed by atoms with Crippen LogP contribution in [0.25, 0.3) is 0 Å². The van der Waals surface area contributed by atoms with E-state index in [9.17, 15) is 37.5 Å². The Kier molecular flexibility index (Phi) is 9.98. The van der Waals surface area contributed by atoms with Gasteiger partial charge in [0.2, 0.25) is 11.8 Å². The quantitative estimate of drug-likeness (QED) is 0.0890. The van der Waals surface area contributed by atoms with Crippen LogP contribution in [0.3, 0.4) is 0 Å². The van der Waals surface area contributed by atoms with Gasteiger partial charge in [0.25, 0.3) is 11.8 Å². The van der Waals surface area contributed by atoms with Crippen molar-refractivity contribution in [3.63, 3.8) is 0 Å². The first-order chi connectivity index (χ1) is 29.6. The number of methoxy groups -OCH3 is 1. The highest BCUT2D eigenvalue weighted by molar-refractivity contribution is 6.33. The van der Waals surface area contributed by atoms with Crippen LogP contribution < -0.4 is 15.1 Å². The first kappa shape index (κ1) is 40.9. The highest BCUT2D eigenvalue weighted by Crippen LogP contribution is 2.65. The summed E-state index contributed by atoms with van der Waals surface area (Å²) in [6, 6.07) is 26.2. The van der Waals surface area contributed by atoms with E-state index in [1.807, 2.05) is 0 Å². The number of halogens is 5. The summed E-state index contributed by atoms with van der Waals surface area (Å²) < 4.78 is 46.0. The van der Waals surface area contributed by atoms with Crippen molar-refractivity contribution in [1.82, 2.24) is 9.99 Å². The fourth-order valence-electron chi connectivity index (χ4n) is 9.79. The number of ketones is 1. The van der Waals surface area contributed by atoms with E-state index in [2.05, 4.69) is 10.4 Å². The molecule has 0 unspecified atom stereocenters. The van der Waals surface area contributed by atoms with Gasteiger partial charge in [0.1, 0.15) is 11.5 Å². The van der Waals surface area contributed by atoms with Crippen LogP contribution in [-0.2, 0) is 30.8 Å². The average molecular weight is 882 g/mol. The van der Waals surface area contributed by atoms with Gasteiger partial charge >= 0.3 is 6.18 Å². The molecule has 1 saturated carbocycles. The highest BCUT2D eigenvalue weighted by atomic mass is 35.5. The van der Waals surface area contributed by atoms with Gasteiger partial charge in [-0.3, -0.25) is 34.3 Å². The Hall–Kier alpha value is -6.51. The van der Waals surface area contributed by atoms with Gasteiger partial charge in [-0.05, 0) is 72.9 Å². The molecule has 4 amide bonds. The predicted octanol–water partition coefficient (Wildman–Crippen LogP) is 8.54. The van der Waals surface area contributed by atoms with Crippen molar-refractivity contribution in [3.8, 4) is 11.5 Å². The minimum atomic E-state index is -4.78. The van der Waals surface area contributed by atoms with Gasteiger partial charge in [0, 0.05) is 39.9 Å². The first-order valence-electron chi connectivity index (χ1n) is 19.4. The number of aromatic nitrogens is 1. The number of fused-ring (bicyclic) bond motifs is 4. The van der Waals surface area contributed by atoms with Crippen molar-refractivity contribution in [3.05, 3.63) is 159 Å². The topological polar surface area (TPSA) is 146 Å². The van der Waals surface area contributed by atoms with Gasteiger partial charge in [0.15, 0.2) is 11.6 Å². The molecule has 62 heavy (non-hydrogen) atoms. The number of aromatic hydroxyl groups is 1. The van der Waals surface area contributed by atoms with Gasteiger partial charge < -0.3 is 9.84 Å². The van der Waals surface area contributed by atoms with Gasteiger partial charge in [-0.2, -0.15) is 18.2 Å². The maximum absolute atomic E-state index is 15.4. The maximum atomic E-state index is 15.4. The van der Waals surface area contributed by atoms with Crippen LogP contribution in [0.4, 0.5) is 24.7 Å². The normalized spacial score (nSPS) is 24.4. The summed E-state index contributed by atoms with van der Waals surface area (Å²) >= 11 is 12.6. The third kappa shape index (κ3) is 6.34. The van der Waals surface area contributed by atoms with Gasteiger partial charge in [-0.1, -0.05) is 83.4 Å². The Bertz CT molecular complexity index is 2730. The molecule has 6 atom stereocenters. The summed E-state index contributed by atoms with van der Waals surface area (Å²) in [4.78, 5) is 77.5. The van der Waals surface area contributed by atoms with Crippen LogP contribution in [0.2, 0.25) is 10.0 Å². The Labute approximate surface area is 361 Å². The number of benzene rings is 4. The predicted molar refractivity (Wildman–Crippen MR) is 220 cm³/mol. The number of phenols is 1. The SMILES string of the molecule is COc1ccc([C@H]2C3=CC[C@@H]4C(=O)N(c5ccc(C(=O)c6ccccc6)cc5)C(=O)[C@@H]4[C@@H]3C[C@H]3C(=O)N(Nc4ncc(C(F)(F)F)cc4Cl)C(=O)[C@@]23c2ccc(Cl)cc2)c(O)c1. The third-order valence-electron chi connectivity index (χ3n) is 12.5. The minimum Gasteiger partial charge on any atom is -0.508 e. The second kappa shape index (κ2) is 15.1. The largest absolute Gasteiger partial charge is 0.508 e. The lowest BCUT2D eigenvalue weighted by Gasteiger charge is -2.50. The average Bonchev–Trinajstić information content (AvgIpc) is 3.64. The van der Waals surface area contributed by atoms with Crippen molar-refractivity contribution >= 4 is 64.1 Å². The Balaban J connectivity index is 1.16. The number of carbonyl (C=O) groups is 5. The fourth-order valence-corrected chi connectivity index (χ4v) is 10.1. The molecule has 9 rings (SSSR count). The number of amides is 4. The van der Waals surface area contributed by atoms with Gasteiger partial charge in [-0.15, -0.1) is 0 Å². The van der Waals surface area contributed by atoms with Gasteiger partial charge in [0.05, 0.1) is 46.6 Å². The number of nitrogens with one attached hydrogen (secondary N) is 1. The van der Waals surface area contributed by atoms with Crippen molar-refractivity contribution in [2.45, 2.75) is 30.4 Å². The molecule has 0 radical (unpaired) electrons. The number of anilines is 2. The first-order valence-corrected chi connectivity index (χ1v) is 20.2. The molecule has 3 fully saturated rings. The second-order valence-electron chi connectivity index (χ2n) is 15.6. The number of pyridine rings is 1. The Morgan fingerprint density at radius 1 is 0.871 bits per heavy atom. The minimum absolute atomic E-state index is 0.0755. The van der Waals surface area contributed by atoms with Crippen molar-refractivity contribution in [1.29, 1.82) is 0 Å². The summed E-state index contributed by atoms with van der Waals surface area (Å²) in [7, 11) is 1.41. The molecule has 2 N–H and O–H groups in total. The zero-order valence-electron chi connectivity index (χ0n) is 32.4. The van der Waals surface area contributed by atoms with E-state index in [1.54, 1.807) is 84.9 Å².